The molecule has 3 rings (SSSR count). The highest BCUT2D eigenvalue weighted by Gasteiger charge is 2.38. The number of esters is 1. The van der Waals surface area contributed by atoms with Gasteiger partial charge in [-0.1, -0.05) is 91.0 Å². The molecule has 0 bridgehead atoms. The van der Waals surface area contributed by atoms with Crippen molar-refractivity contribution in [3.05, 3.63) is 108 Å². The molecule has 0 fully saturated rings. The van der Waals surface area contributed by atoms with Gasteiger partial charge in [0.05, 0.1) is 24.0 Å². The fourth-order valence-electron chi connectivity index (χ4n) is 3.82. The highest BCUT2D eigenvalue weighted by molar-refractivity contribution is 8.00. The molecule has 0 saturated heterocycles. The zero-order valence-electron chi connectivity index (χ0n) is 19.3. The third-order valence-electron chi connectivity index (χ3n) is 5.59. The number of nitrogens with two attached hydrogens (primary N) is 1. The molecule has 6 nitrogen and oxygen atoms in total. The van der Waals surface area contributed by atoms with Crippen LogP contribution in [0.2, 0.25) is 0 Å². The summed E-state index contributed by atoms with van der Waals surface area (Å²) in [4.78, 5) is 24.8. The zero-order valence-corrected chi connectivity index (χ0v) is 20.1. The van der Waals surface area contributed by atoms with Gasteiger partial charge in [0.25, 0.3) is 0 Å². The van der Waals surface area contributed by atoms with E-state index in [4.69, 9.17) is 5.73 Å². The van der Waals surface area contributed by atoms with Crippen molar-refractivity contribution in [3.8, 4) is 0 Å². The van der Waals surface area contributed by atoms with E-state index in [1.54, 1.807) is 11.8 Å². The third-order valence-corrected chi connectivity index (χ3v) is 7.26. The molecule has 0 unspecified atom stereocenters. The van der Waals surface area contributed by atoms with Crippen molar-refractivity contribution >= 4 is 23.6 Å². The second-order valence-electron chi connectivity index (χ2n) is 7.95. The summed E-state index contributed by atoms with van der Waals surface area (Å²) < 4.78 is 4.06. The fourth-order valence-corrected chi connectivity index (χ4v) is 5.31. The fraction of sp³-hybridized carbons (Fsp3) is 0.259. The number of hydrogen-bond donors (Lipinski definition) is 3. The van der Waals surface area contributed by atoms with Crippen molar-refractivity contribution in [2.75, 3.05) is 12.9 Å². The summed E-state index contributed by atoms with van der Waals surface area (Å²) in [6.45, 7) is 1.41. The summed E-state index contributed by atoms with van der Waals surface area (Å²) in [6.07, 6.45) is -1.12. The Labute approximate surface area is 204 Å². The average molecular weight is 479 g/mol. The summed E-state index contributed by atoms with van der Waals surface area (Å²) in [5.74, 6) is -1.000. The topological polar surface area (TPSA) is 102 Å². The second kappa shape index (κ2) is 11.8. The molecule has 0 radical (unpaired) electrons. The van der Waals surface area contributed by atoms with Gasteiger partial charge in [0.15, 0.2) is 6.04 Å². The zero-order chi connectivity index (χ0) is 24.6. The van der Waals surface area contributed by atoms with Crippen molar-refractivity contribution in [1.82, 2.24) is 5.32 Å². The van der Waals surface area contributed by atoms with Gasteiger partial charge in [0, 0.05) is 5.75 Å². The van der Waals surface area contributed by atoms with Crippen molar-refractivity contribution < 1.29 is 19.4 Å². The number of hydrogen-bond acceptors (Lipinski definition) is 6. The molecule has 3 aromatic rings. The minimum absolute atomic E-state index is 0.262. The highest BCUT2D eigenvalue weighted by atomic mass is 32.2. The van der Waals surface area contributed by atoms with Crippen LogP contribution in [0, 0.1) is 0 Å². The summed E-state index contributed by atoms with van der Waals surface area (Å²) >= 11 is 1.55. The summed E-state index contributed by atoms with van der Waals surface area (Å²) in [6, 6.07) is 28.2. The van der Waals surface area contributed by atoms with E-state index in [1.165, 1.54) is 14.0 Å². The molecule has 3 atom stereocenters. The smallest absolute Gasteiger partial charge is 0.331 e. The highest BCUT2D eigenvalue weighted by Crippen LogP contribution is 2.48. The molecule has 0 saturated carbocycles. The molecule has 0 spiro atoms. The molecule has 0 aliphatic carbocycles. The molecule has 4 N–H and O–H groups in total. The Morgan fingerprint density at radius 2 is 1.32 bits per heavy atom. The Hall–Kier alpha value is -3.13. The van der Waals surface area contributed by atoms with Gasteiger partial charge in [-0.2, -0.15) is 0 Å². The molecular formula is C27H30N2O4S. The van der Waals surface area contributed by atoms with Crippen LogP contribution >= 0.6 is 11.8 Å². The average Bonchev–Trinajstić information content (AvgIpc) is 2.88. The molecular weight excluding hydrogens is 448 g/mol. The first-order valence-corrected chi connectivity index (χ1v) is 12.0. The minimum atomic E-state index is -1.18. The summed E-state index contributed by atoms with van der Waals surface area (Å²) in [7, 11) is 1.20. The van der Waals surface area contributed by atoms with Gasteiger partial charge in [-0.05, 0) is 23.6 Å². The normalized spacial score (nSPS) is 14.0. The molecule has 0 aliphatic rings. The maximum absolute atomic E-state index is 12.8. The van der Waals surface area contributed by atoms with Crippen LogP contribution in [0.25, 0.3) is 0 Å². The van der Waals surface area contributed by atoms with Crippen molar-refractivity contribution in [2.45, 2.75) is 29.9 Å². The van der Waals surface area contributed by atoms with Crippen molar-refractivity contribution in [1.29, 1.82) is 0 Å². The monoisotopic (exact) mass is 478 g/mol. The van der Waals surface area contributed by atoms with Crippen LogP contribution in [0.4, 0.5) is 0 Å². The van der Waals surface area contributed by atoms with Crippen LogP contribution < -0.4 is 11.1 Å². The number of thioether (sulfide) groups is 1. The number of amides is 1. The Morgan fingerprint density at radius 3 is 1.68 bits per heavy atom. The lowest BCUT2D eigenvalue weighted by atomic mass is 9.84. The molecule has 3 aromatic carbocycles. The number of ether oxygens (including phenoxy) is 1. The lowest BCUT2D eigenvalue weighted by Crippen LogP contribution is -2.53. The van der Waals surface area contributed by atoms with E-state index in [0.717, 1.165) is 16.7 Å². The van der Waals surface area contributed by atoms with E-state index in [0.29, 0.717) is 0 Å². The Bertz CT molecular complexity index is 965. The molecule has 178 valence electrons. The van der Waals surface area contributed by atoms with Gasteiger partial charge >= 0.3 is 5.97 Å². The quantitative estimate of drug-likeness (QED) is 0.306. The van der Waals surface area contributed by atoms with Gasteiger partial charge in [-0.25, -0.2) is 4.79 Å². The first-order valence-electron chi connectivity index (χ1n) is 11.0. The lowest BCUT2D eigenvalue weighted by Gasteiger charge is -2.36. The maximum atomic E-state index is 12.8. The van der Waals surface area contributed by atoms with Crippen LogP contribution in [0.15, 0.2) is 91.0 Å². The molecule has 0 heterocycles. The number of nitrogens with one attached hydrogen (secondary N) is 1. The molecule has 1 amide bonds. The van der Waals surface area contributed by atoms with E-state index in [9.17, 15) is 14.7 Å². The van der Waals surface area contributed by atoms with Gasteiger partial charge < -0.3 is 20.9 Å². The van der Waals surface area contributed by atoms with Crippen LogP contribution in [-0.4, -0.2) is 48.0 Å². The predicted molar refractivity (Wildman–Crippen MR) is 135 cm³/mol. The van der Waals surface area contributed by atoms with Crippen LogP contribution in [-0.2, 0) is 19.1 Å². The Kier molecular flexibility index (Phi) is 8.87. The van der Waals surface area contributed by atoms with E-state index in [2.05, 4.69) is 46.5 Å². The Morgan fingerprint density at radius 1 is 0.912 bits per heavy atom. The summed E-state index contributed by atoms with van der Waals surface area (Å²) in [5, 5.41) is 12.4. The van der Waals surface area contributed by atoms with Crippen molar-refractivity contribution in [3.63, 3.8) is 0 Å². The van der Waals surface area contributed by atoms with Crippen LogP contribution in [0.1, 0.15) is 23.6 Å². The van der Waals surface area contributed by atoms with Gasteiger partial charge in [-0.3, -0.25) is 4.79 Å². The lowest BCUT2D eigenvalue weighted by molar-refractivity contribution is -0.148. The van der Waals surface area contributed by atoms with E-state index < -0.39 is 34.8 Å². The SMILES string of the molecule is COC(=O)[C@@H](NC(=O)[C@H](N)CSC(c1ccccc1)(c1ccccc1)c1ccccc1)[C@@H](C)O. The number of carbonyl (C=O) groups excluding carboxylic acids is 2. The van der Waals surface area contributed by atoms with Gasteiger partial charge in [0.1, 0.15) is 0 Å². The van der Waals surface area contributed by atoms with Crippen LogP contribution in [0.5, 0.6) is 0 Å². The number of carbonyl (C=O) groups is 2. The number of aliphatic hydroxyl groups excluding tert-OH is 1. The third kappa shape index (κ3) is 5.67. The van der Waals surface area contributed by atoms with E-state index in [-0.39, 0.29) is 5.75 Å². The number of methoxy groups -OCH3 is 1. The number of rotatable bonds is 10. The first kappa shape index (κ1) is 25.5. The standard InChI is InChI=1S/C27H30N2O4S/c1-19(30)24(26(32)33-2)29-25(31)23(28)18-34-27(20-12-6-3-7-13-20,21-14-8-4-9-15-21)22-16-10-5-11-17-22/h3-17,19,23-24,30H,18,28H2,1-2H3,(H,29,31)/t19-,23-,24+/m1/s1. The summed E-state index contributed by atoms with van der Waals surface area (Å²) in [5.41, 5.74) is 9.45. The molecule has 0 aromatic heterocycles. The van der Waals surface area contributed by atoms with Crippen LogP contribution in [0.3, 0.4) is 0 Å². The van der Waals surface area contributed by atoms with Gasteiger partial charge in [-0.15, -0.1) is 11.8 Å². The molecule has 0 aliphatic heterocycles. The minimum Gasteiger partial charge on any atom is -0.467 e. The maximum Gasteiger partial charge on any atom is 0.331 e. The number of aliphatic hydroxyl groups is 1. The molecule has 7 heteroatoms. The van der Waals surface area contributed by atoms with E-state index >= 15 is 0 Å². The van der Waals surface area contributed by atoms with E-state index in [1.807, 2.05) is 54.6 Å². The second-order valence-corrected chi connectivity index (χ2v) is 9.18. The molecule has 34 heavy (non-hydrogen) atoms. The first-order chi connectivity index (χ1) is 16.4. The predicted octanol–water partition coefficient (Wildman–Crippen LogP) is 3.08. The Balaban J connectivity index is 1.95. The van der Waals surface area contributed by atoms with Gasteiger partial charge in [0.2, 0.25) is 5.91 Å². The largest absolute Gasteiger partial charge is 0.467 e. The van der Waals surface area contributed by atoms with Crippen molar-refractivity contribution in [2.24, 2.45) is 5.73 Å². The number of benzene rings is 3.